The molecule has 0 aromatic carbocycles. The van der Waals surface area contributed by atoms with E-state index >= 15 is 0 Å². The predicted molar refractivity (Wildman–Crippen MR) is 55.2 cm³/mol. The van der Waals surface area contributed by atoms with Crippen LogP contribution in [0.25, 0.3) is 0 Å². The smallest absolute Gasteiger partial charge is 0.199 e. The lowest BCUT2D eigenvalue weighted by Gasteiger charge is -2.29. The molecule has 1 saturated heterocycles. The van der Waals surface area contributed by atoms with Crippen LogP contribution in [0, 0.1) is 0 Å². The zero-order chi connectivity index (χ0) is 12.9. The molecule has 1 fully saturated rings. The van der Waals surface area contributed by atoms with E-state index in [0.29, 0.717) is 6.29 Å². The lowest BCUT2D eigenvalue weighted by molar-refractivity contribution is -0.227. The van der Waals surface area contributed by atoms with Crippen molar-refractivity contribution in [1.29, 1.82) is 0 Å². The average molecular weight is 250 g/mol. The van der Waals surface area contributed by atoms with Gasteiger partial charge in [-0.2, -0.15) is 0 Å². The quantitative estimate of drug-likeness (QED) is 0.451. The second-order valence-electron chi connectivity index (χ2n) is 3.98. The van der Waals surface area contributed by atoms with Crippen molar-refractivity contribution >= 4 is 6.29 Å². The Kier molecular flexibility index (Phi) is 5.44. The van der Waals surface area contributed by atoms with Crippen LogP contribution in [0.15, 0.2) is 0 Å². The molecule has 0 spiro atoms. The maximum Gasteiger partial charge on any atom is 0.199 e. The van der Waals surface area contributed by atoms with E-state index in [-0.39, 0.29) is 19.8 Å². The molecule has 4 unspecified atom stereocenters. The third-order valence-corrected chi connectivity index (χ3v) is 2.48. The molecule has 0 saturated carbocycles. The van der Waals surface area contributed by atoms with Crippen LogP contribution in [-0.2, 0) is 19.0 Å². The molecule has 0 aliphatic carbocycles. The zero-order valence-corrected chi connectivity index (χ0v) is 9.61. The second-order valence-corrected chi connectivity index (χ2v) is 3.98. The topological polar surface area (TPSA) is 105 Å². The number of aliphatic hydroxyl groups excluding tert-OH is 3. The van der Waals surface area contributed by atoms with Crippen LogP contribution in [0.2, 0.25) is 0 Å². The summed E-state index contributed by atoms with van der Waals surface area (Å²) in [6, 6.07) is 0. The van der Waals surface area contributed by atoms with Crippen LogP contribution in [-0.4, -0.2) is 72.1 Å². The number of carbonyl (C=O) groups excluding carboxylic acids is 1. The van der Waals surface area contributed by atoms with Crippen molar-refractivity contribution in [3.63, 3.8) is 0 Å². The third-order valence-electron chi connectivity index (χ3n) is 2.48. The zero-order valence-electron chi connectivity index (χ0n) is 9.61. The Morgan fingerprint density at radius 2 is 2.29 bits per heavy atom. The largest absolute Gasteiger partial charge is 0.394 e. The molecule has 3 N–H and O–H groups in total. The monoisotopic (exact) mass is 250 g/mol. The van der Waals surface area contributed by atoms with Gasteiger partial charge in [-0.3, -0.25) is 0 Å². The van der Waals surface area contributed by atoms with Gasteiger partial charge in [0.1, 0.15) is 12.2 Å². The number of ether oxygens (including phenoxy) is 3. The van der Waals surface area contributed by atoms with Gasteiger partial charge in [0, 0.05) is 0 Å². The van der Waals surface area contributed by atoms with Gasteiger partial charge in [-0.05, 0) is 6.92 Å². The summed E-state index contributed by atoms with van der Waals surface area (Å²) in [7, 11) is 0. The standard InChI is InChI=1S/C10H18O7/c1-10(16-6-8(3-12)17-10)9(4-13)15-5-7(14)2-11/h4,7-9,11-12,14H,2-3,5-6H2,1H3. The van der Waals surface area contributed by atoms with Crippen molar-refractivity contribution in [2.75, 3.05) is 26.4 Å². The van der Waals surface area contributed by atoms with E-state index in [9.17, 15) is 4.79 Å². The molecule has 1 heterocycles. The summed E-state index contributed by atoms with van der Waals surface area (Å²) in [5.41, 5.74) is 0. The van der Waals surface area contributed by atoms with E-state index in [0.717, 1.165) is 0 Å². The summed E-state index contributed by atoms with van der Waals surface area (Å²) in [4.78, 5) is 10.9. The molecule has 100 valence electrons. The fraction of sp³-hybridized carbons (Fsp3) is 0.900. The van der Waals surface area contributed by atoms with Gasteiger partial charge in [-0.15, -0.1) is 0 Å². The van der Waals surface area contributed by atoms with Crippen LogP contribution in [0.5, 0.6) is 0 Å². The Morgan fingerprint density at radius 3 is 2.76 bits per heavy atom. The van der Waals surface area contributed by atoms with Crippen LogP contribution >= 0.6 is 0 Å². The van der Waals surface area contributed by atoms with Crippen LogP contribution in [0.1, 0.15) is 6.92 Å². The first-order valence-corrected chi connectivity index (χ1v) is 5.34. The third kappa shape index (κ3) is 3.70. The first kappa shape index (κ1) is 14.5. The molecule has 7 nitrogen and oxygen atoms in total. The van der Waals surface area contributed by atoms with Gasteiger partial charge in [0.15, 0.2) is 18.2 Å². The molecule has 17 heavy (non-hydrogen) atoms. The Balaban J connectivity index is 2.52. The molecule has 1 rings (SSSR count). The molecule has 0 aromatic rings. The van der Waals surface area contributed by atoms with Crippen molar-refractivity contribution in [2.45, 2.75) is 31.0 Å². The van der Waals surface area contributed by atoms with Gasteiger partial charge in [0.2, 0.25) is 0 Å². The van der Waals surface area contributed by atoms with Crippen molar-refractivity contribution in [3.05, 3.63) is 0 Å². The lowest BCUT2D eigenvalue weighted by atomic mass is 10.2. The van der Waals surface area contributed by atoms with Gasteiger partial charge in [-0.25, -0.2) is 0 Å². The van der Waals surface area contributed by atoms with Crippen molar-refractivity contribution < 1.29 is 34.3 Å². The number of hydrogen-bond donors (Lipinski definition) is 3. The first-order valence-electron chi connectivity index (χ1n) is 5.34. The normalized spacial score (nSPS) is 32.4. The van der Waals surface area contributed by atoms with Gasteiger partial charge in [-0.1, -0.05) is 0 Å². The summed E-state index contributed by atoms with van der Waals surface area (Å²) in [6.45, 7) is 0.825. The number of carbonyl (C=O) groups is 1. The average Bonchev–Trinajstić information content (AvgIpc) is 2.72. The Bertz CT molecular complexity index is 247. The van der Waals surface area contributed by atoms with E-state index in [4.69, 9.17) is 29.5 Å². The van der Waals surface area contributed by atoms with Gasteiger partial charge in [0.05, 0.1) is 26.4 Å². The Labute approximate surface area is 98.9 Å². The second kappa shape index (κ2) is 6.39. The number of hydrogen-bond acceptors (Lipinski definition) is 7. The van der Waals surface area contributed by atoms with Gasteiger partial charge >= 0.3 is 0 Å². The summed E-state index contributed by atoms with van der Waals surface area (Å²) >= 11 is 0. The first-order chi connectivity index (χ1) is 8.05. The van der Waals surface area contributed by atoms with E-state index in [2.05, 4.69) is 0 Å². The minimum atomic E-state index is -1.27. The van der Waals surface area contributed by atoms with Gasteiger partial charge < -0.3 is 34.3 Å². The van der Waals surface area contributed by atoms with Crippen LogP contribution in [0.3, 0.4) is 0 Å². The van der Waals surface area contributed by atoms with Crippen molar-refractivity contribution in [2.24, 2.45) is 0 Å². The number of aliphatic hydroxyl groups is 3. The fourth-order valence-corrected chi connectivity index (χ4v) is 1.48. The van der Waals surface area contributed by atoms with Crippen molar-refractivity contribution in [3.8, 4) is 0 Å². The highest BCUT2D eigenvalue weighted by molar-refractivity contribution is 5.58. The molecule has 1 aliphatic rings. The van der Waals surface area contributed by atoms with Crippen LogP contribution < -0.4 is 0 Å². The number of rotatable bonds is 7. The summed E-state index contributed by atoms with van der Waals surface area (Å²) in [6.07, 6.45) is -2.07. The SMILES string of the molecule is CC1(C(C=O)OCC(O)CO)OCC(CO)O1. The lowest BCUT2D eigenvalue weighted by Crippen LogP contribution is -2.45. The minimum absolute atomic E-state index is 0.170. The Morgan fingerprint density at radius 1 is 1.59 bits per heavy atom. The van der Waals surface area contributed by atoms with E-state index in [1.807, 2.05) is 0 Å². The summed E-state index contributed by atoms with van der Waals surface area (Å²) < 4.78 is 15.7. The highest BCUT2D eigenvalue weighted by Gasteiger charge is 2.44. The van der Waals surface area contributed by atoms with E-state index < -0.39 is 30.7 Å². The molecule has 0 radical (unpaired) electrons. The molecule has 0 aromatic heterocycles. The van der Waals surface area contributed by atoms with Crippen LogP contribution in [0.4, 0.5) is 0 Å². The molecule has 0 bridgehead atoms. The highest BCUT2D eigenvalue weighted by atomic mass is 16.8. The Hall–Kier alpha value is -0.570. The van der Waals surface area contributed by atoms with Gasteiger partial charge in [0.25, 0.3) is 0 Å². The molecule has 1 aliphatic heterocycles. The maximum atomic E-state index is 10.9. The summed E-state index contributed by atoms with van der Waals surface area (Å²) in [5, 5.41) is 26.6. The maximum absolute atomic E-state index is 10.9. The molecular formula is C10H18O7. The molecule has 0 amide bonds. The fourth-order valence-electron chi connectivity index (χ4n) is 1.48. The minimum Gasteiger partial charge on any atom is -0.394 e. The molecular weight excluding hydrogens is 232 g/mol. The van der Waals surface area contributed by atoms with Crippen molar-refractivity contribution in [1.82, 2.24) is 0 Å². The van der Waals surface area contributed by atoms with E-state index in [1.54, 1.807) is 0 Å². The highest BCUT2D eigenvalue weighted by Crippen LogP contribution is 2.27. The molecule has 7 heteroatoms. The molecule has 4 atom stereocenters. The van der Waals surface area contributed by atoms with E-state index in [1.165, 1.54) is 6.92 Å². The summed E-state index contributed by atoms with van der Waals surface area (Å²) in [5.74, 6) is -1.27. The predicted octanol–water partition coefficient (Wildman–Crippen LogP) is -1.95. The number of aldehydes is 1.